The molecule has 1 N–H and O–H groups in total. The number of pyridine rings is 1. The molecule has 7 nitrogen and oxygen atoms in total. The van der Waals surface area contributed by atoms with Gasteiger partial charge in [0.15, 0.2) is 5.96 Å². The molecule has 0 saturated carbocycles. The summed E-state index contributed by atoms with van der Waals surface area (Å²) >= 11 is 0. The van der Waals surface area contributed by atoms with Gasteiger partial charge in [-0.15, -0.1) is 24.0 Å². The van der Waals surface area contributed by atoms with Crippen LogP contribution >= 0.6 is 24.0 Å². The molecule has 0 bridgehead atoms. The molecule has 24 heavy (non-hydrogen) atoms. The van der Waals surface area contributed by atoms with E-state index in [1.54, 1.807) is 6.20 Å². The minimum absolute atomic E-state index is 0. The Bertz CT molecular complexity index is 607. The molecule has 2 aromatic rings. The zero-order valence-corrected chi connectivity index (χ0v) is 16.2. The van der Waals surface area contributed by atoms with Crippen LogP contribution in [0.25, 0.3) is 0 Å². The second-order valence-electron chi connectivity index (χ2n) is 5.44. The molecule has 2 aromatic heterocycles. The van der Waals surface area contributed by atoms with E-state index < -0.39 is 0 Å². The molecule has 1 fully saturated rings. The Balaban J connectivity index is 0.00000208. The molecule has 1 saturated heterocycles. The van der Waals surface area contributed by atoms with Crippen LogP contribution in [0.15, 0.2) is 48.1 Å². The number of imidazole rings is 1. The summed E-state index contributed by atoms with van der Waals surface area (Å²) in [5.41, 5.74) is 0. The van der Waals surface area contributed by atoms with Crippen LogP contribution in [-0.4, -0.2) is 65.2 Å². The molecule has 1 aliphatic heterocycles. The molecule has 0 amide bonds. The normalized spacial score (nSPS) is 15.1. The van der Waals surface area contributed by atoms with Gasteiger partial charge in [-0.05, 0) is 12.1 Å². The Hall–Kier alpha value is -1.84. The first kappa shape index (κ1) is 18.5. The maximum atomic E-state index is 4.42. The van der Waals surface area contributed by atoms with E-state index in [2.05, 4.69) is 40.7 Å². The largest absolute Gasteiger partial charge is 0.354 e. The lowest BCUT2D eigenvalue weighted by atomic mass is 10.3. The van der Waals surface area contributed by atoms with Gasteiger partial charge in [-0.2, -0.15) is 0 Å². The van der Waals surface area contributed by atoms with Crippen molar-refractivity contribution in [3.8, 4) is 0 Å². The smallest absolute Gasteiger partial charge is 0.193 e. The third-order valence-electron chi connectivity index (χ3n) is 3.98. The minimum atomic E-state index is 0. The standard InChI is InChI=1S/C16H23N7.HI/c1-17-16(20-7-9-21-8-6-18-14-21)23-12-10-22(11-13-23)15-4-2-3-5-19-15;/h2-6,8,14H,7,9-13H2,1H3,(H,17,20);1H. The number of aliphatic imine (C=N–C) groups is 1. The van der Waals surface area contributed by atoms with Crippen molar-refractivity contribution in [1.29, 1.82) is 0 Å². The van der Waals surface area contributed by atoms with Crippen LogP contribution in [0.2, 0.25) is 0 Å². The molecule has 8 heteroatoms. The van der Waals surface area contributed by atoms with Crippen LogP contribution < -0.4 is 10.2 Å². The van der Waals surface area contributed by atoms with Gasteiger partial charge >= 0.3 is 0 Å². The number of halogens is 1. The number of guanidine groups is 1. The Morgan fingerprint density at radius 2 is 2.04 bits per heavy atom. The van der Waals surface area contributed by atoms with Gasteiger partial charge in [-0.1, -0.05) is 6.07 Å². The van der Waals surface area contributed by atoms with Crippen LogP contribution in [-0.2, 0) is 6.54 Å². The number of hydrogen-bond donors (Lipinski definition) is 1. The molecule has 0 unspecified atom stereocenters. The van der Waals surface area contributed by atoms with Crippen LogP contribution in [0.5, 0.6) is 0 Å². The third-order valence-corrected chi connectivity index (χ3v) is 3.98. The lowest BCUT2D eigenvalue weighted by Gasteiger charge is -2.37. The van der Waals surface area contributed by atoms with E-state index in [-0.39, 0.29) is 24.0 Å². The first-order valence-corrected chi connectivity index (χ1v) is 7.94. The van der Waals surface area contributed by atoms with Gasteiger partial charge in [0, 0.05) is 64.9 Å². The topological polar surface area (TPSA) is 61.6 Å². The maximum Gasteiger partial charge on any atom is 0.193 e. The van der Waals surface area contributed by atoms with Crippen molar-refractivity contribution in [2.45, 2.75) is 6.54 Å². The van der Waals surface area contributed by atoms with E-state index >= 15 is 0 Å². The molecule has 0 aromatic carbocycles. The highest BCUT2D eigenvalue weighted by Gasteiger charge is 2.20. The van der Waals surface area contributed by atoms with E-state index in [0.717, 1.165) is 51.0 Å². The summed E-state index contributed by atoms with van der Waals surface area (Å²) in [7, 11) is 1.84. The fraction of sp³-hybridized carbons (Fsp3) is 0.438. The number of anilines is 1. The van der Waals surface area contributed by atoms with Crippen molar-refractivity contribution in [3.63, 3.8) is 0 Å². The van der Waals surface area contributed by atoms with Crippen LogP contribution in [0.3, 0.4) is 0 Å². The predicted molar refractivity (Wildman–Crippen MR) is 107 cm³/mol. The molecule has 0 atom stereocenters. The summed E-state index contributed by atoms with van der Waals surface area (Å²) in [6.45, 7) is 5.53. The van der Waals surface area contributed by atoms with Crippen molar-refractivity contribution in [2.24, 2.45) is 4.99 Å². The summed E-state index contributed by atoms with van der Waals surface area (Å²) in [5, 5.41) is 3.43. The first-order valence-electron chi connectivity index (χ1n) is 7.94. The Labute approximate surface area is 159 Å². The number of nitrogens with one attached hydrogen (secondary N) is 1. The van der Waals surface area contributed by atoms with E-state index in [4.69, 9.17) is 0 Å². The third kappa shape index (κ3) is 4.83. The highest BCUT2D eigenvalue weighted by molar-refractivity contribution is 14.0. The van der Waals surface area contributed by atoms with Crippen molar-refractivity contribution in [2.75, 3.05) is 44.7 Å². The van der Waals surface area contributed by atoms with Crippen molar-refractivity contribution in [1.82, 2.24) is 24.8 Å². The summed E-state index contributed by atoms with van der Waals surface area (Å²) < 4.78 is 2.05. The molecule has 130 valence electrons. The summed E-state index contributed by atoms with van der Waals surface area (Å²) in [6.07, 6.45) is 7.44. The maximum absolute atomic E-state index is 4.42. The Morgan fingerprint density at radius 1 is 1.21 bits per heavy atom. The lowest BCUT2D eigenvalue weighted by molar-refractivity contribution is 0.370. The summed E-state index contributed by atoms with van der Waals surface area (Å²) in [4.78, 5) is 17.5. The van der Waals surface area contributed by atoms with E-state index in [1.165, 1.54) is 0 Å². The summed E-state index contributed by atoms with van der Waals surface area (Å²) in [5.74, 6) is 2.01. The van der Waals surface area contributed by atoms with Gasteiger partial charge in [-0.25, -0.2) is 9.97 Å². The van der Waals surface area contributed by atoms with E-state index in [0.29, 0.717) is 0 Å². The van der Waals surface area contributed by atoms with Gasteiger partial charge in [0.25, 0.3) is 0 Å². The van der Waals surface area contributed by atoms with Crippen LogP contribution in [0.4, 0.5) is 5.82 Å². The molecule has 0 spiro atoms. The monoisotopic (exact) mass is 441 g/mol. The van der Waals surface area contributed by atoms with Gasteiger partial charge in [-0.3, -0.25) is 4.99 Å². The number of aromatic nitrogens is 3. The molecular weight excluding hydrogens is 417 g/mol. The zero-order valence-electron chi connectivity index (χ0n) is 13.9. The molecule has 0 aliphatic carbocycles. The van der Waals surface area contributed by atoms with E-state index in [9.17, 15) is 0 Å². The first-order chi connectivity index (χ1) is 11.4. The van der Waals surface area contributed by atoms with Crippen molar-refractivity contribution < 1.29 is 0 Å². The Morgan fingerprint density at radius 3 is 2.67 bits per heavy atom. The number of piperazine rings is 1. The quantitative estimate of drug-likeness (QED) is 0.441. The minimum Gasteiger partial charge on any atom is -0.354 e. The highest BCUT2D eigenvalue weighted by atomic mass is 127. The van der Waals surface area contributed by atoms with Crippen LogP contribution in [0.1, 0.15) is 0 Å². The van der Waals surface area contributed by atoms with Gasteiger partial charge < -0.3 is 19.7 Å². The second-order valence-corrected chi connectivity index (χ2v) is 5.44. The molecular formula is C16H24IN7. The average molecular weight is 441 g/mol. The van der Waals surface area contributed by atoms with Gasteiger partial charge in [0.2, 0.25) is 0 Å². The Kier molecular flexibility index (Phi) is 7.29. The highest BCUT2D eigenvalue weighted by Crippen LogP contribution is 2.12. The molecule has 3 heterocycles. The molecule has 1 aliphatic rings. The van der Waals surface area contributed by atoms with E-state index in [1.807, 2.05) is 37.9 Å². The number of nitrogens with zero attached hydrogens (tertiary/aromatic N) is 6. The van der Waals surface area contributed by atoms with Crippen molar-refractivity contribution >= 4 is 35.8 Å². The van der Waals surface area contributed by atoms with Gasteiger partial charge in [0.05, 0.1) is 6.33 Å². The van der Waals surface area contributed by atoms with Crippen LogP contribution in [0, 0.1) is 0 Å². The predicted octanol–water partition coefficient (Wildman–Crippen LogP) is 1.29. The fourth-order valence-electron chi connectivity index (χ4n) is 2.74. The van der Waals surface area contributed by atoms with Crippen molar-refractivity contribution in [3.05, 3.63) is 43.1 Å². The summed E-state index contributed by atoms with van der Waals surface area (Å²) in [6, 6.07) is 6.05. The lowest BCUT2D eigenvalue weighted by Crippen LogP contribution is -2.53. The second kappa shape index (κ2) is 9.45. The number of rotatable bonds is 4. The SMILES string of the molecule is CN=C(NCCn1ccnc1)N1CCN(c2ccccn2)CC1.I. The number of hydrogen-bond acceptors (Lipinski definition) is 4. The molecule has 3 rings (SSSR count). The van der Waals surface area contributed by atoms with Gasteiger partial charge in [0.1, 0.15) is 5.82 Å². The fourth-order valence-corrected chi connectivity index (χ4v) is 2.74. The zero-order chi connectivity index (χ0) is 15.9. The molecule has 0 radical (unpaired) electrons. The average Bonchev–Trinajstić information content (AvgIpc) is 3.13.